The molecule has 0 atom stereocenters. The summed E-state index contributed by atoms with van der Waals surface area (Å²) in [6, 6.07) is 11.0. The van der Waals surface area contributed by atoms with Gasteiger partial charge in [-0.1, -0.05) is 51.1 Å². The zero-order valence-electron chi connectivity index (χ0n) is 16.5. The van der Waals surface area contributed by atoms with Gasteiger partial charge in [0.25, 0.3) is 0 Å². The number of rotatable bonds is 10. The van der Waals surface area contributed by atoms with Crippen LogP contribution in [0.1, 0.15) is 32.8 Å². The summed E-state index contributed by atoms with van der Waals surface area (Å²) >= 11 is 1.27. The highest BCUT2D eigenvalue weighted by atomic mass is 32.2. The molecule has 28 heavy (non-hydrogen) atoms. The molecule has 1 heterocycles. The number of pyridine rings is 1. The van der Waals surface area contributed by atoms with Crippen LogP contribution >= 0.6 is 11.8 Å². The summed E-state index contributed by atoms with van der Waals surface area (Å²) in [4.78, 5) is 16.5. The Morgan fingerprint density at radius 2 is 1.75 bits per heavy atom. The quantitative estimate of drug-likeness (QED) is 0.590. The van der Waals surface area contributed by atoms with Crippen molar-refractivity contribution in [3.8, 4) is 0 Å². The molecule has 6 nitrogen and oxygen atoms in total. The first kappa shape index (κ1) is 22.4. The fraction of sp³-hybridized carbons (Fsp3) is 0.400. The van der Waals surface area contributed by atoms with Crippen molar-refractivity contribution in [1.29, 1.82) is 0 Å². The van der Waals surface area contributed by atoms with Crippen LogP contribution in [-0.4, -0.2) is 42.5 Å². The van der Waals surface area contributed by atoms with E-state index in [2.05, 4.69) is 17.2 Å². The van der Waals surface area contributed by atoms with Crippen LogP contribution in [0.5, 0.6) is 0 Å². The van der Waals surface area contributed by atoms with Crippen LogP contribution in [0.4, 0.5) is 5.69 Å². The third kappa shape index (κ3) is 6.05. The summed E-state index contributed by atoms with van der Waals surface area (Å²) in [7, 11) is -3.52. The highest BCUT2D eigenvalue weighted by Crippen LogP contribution is 2.20. The second kappa shape index (κ2) is 10.6. The van der Waals surface area contributed by atoms with Crippen molar-refractivity contribution in [3.05, 3.63) is 48.2 Å². The normalized spacial score (nSPS) is 11.6. The topological polar surface area (TPSA) is 79.4 Å². The lowest BCUT2D eigenvalue weighted by Crippen LogP contribution is -2.30. The van der Waals surface area contributed by atoms with Crippen molar-refractivity contribution in [2.45, 2.75) is 43.5 Å². The minimum Gasteiger partial charge on any atom is -0.325 e. The first-order chi connectivity index (χ1) is 13.4. The lowest BCUT2D eigenvalue weighted by molar-refractivity contribution is -0.113. The summed E-state index contributed by atoms with van der Waals surface area (Å²) in [5, 5.41) is 3.46. The molecule has 152 valence electrons. The van der Waals surface area contributed by atoms with E-state index in [1.54, 1.807) is 19.9 Å². The van der Waals surface area contributed by atoms with Crippen LogP contribution in [-0.2, 0) is 21.2 Å². The fourth-order valence-electron chi connectivity index (χ4n) is 2.70. The number of carbonyl (C=O) groups excluding carboxylic acids is 1. The van der Waals surface area contributed by atoms with Gasteiger partial charge in [-0.15, -0.1) is 0 Å². The summed E-state index contributed by atoms with van der Waals surface area (Å²) in [6.45, 7) is 6.56. The third-order valence-corrected chi connectivity index (χ3v) is 7.16. The maximum Gasteiger partial charge on any atom is 0.244 e. The first-order valence-corrected chi connectivity index (χ1v) is 11.8. The van der Waals surface area contributed by atoms with Gasteiger partial charge in [0.15, 0.2) is 0 Å². The molecular formula is C20H27N3O3S2. The Labute approximate surface area is 171 Å². The number of nitrogens with one attached hydrogen (secondary N) is 1. The molecule has 2 aromatic rings. The number of sulfonamides is 1. The molecule has 0 aliphatic rings. The molecule has 1 aromatic heterocycles. The summed E-state index contributed by atoms with van der Waals surface area (Å²) < 4.78 is 26.3. The molecule has 2 rings (SSSR count). The van der Waals surface area contributed by atoms with E-state index in [1.165, 1.54) is 33.9 Å². The molecular weight excluding hydrogens is 394 g/mol. The lowest BCUT2D eigenvalue weighted by atomic mass is 10.1. The van der Waals surface area contributed by atoms with E-state index >= 15 is 0 Å². The van der Waals surface area contributed by atoms with Gasteiger partial charge in [-0.2, -0.15) is 4.31 Å². The summed E-state index contributed by atoms with van der Waals surface area (Å²) in [5.74, 6) is 0.0705. The van der Waals surface area contributed by atoms with E-state index in [1.807, 2.05) is 24.3 Å². The van der Waals surface area contributed by atoms with Crippen molar-refractivity contribution in [1.82, 2.24) is 9.29 Å². The molecule has 0 spiro atoms. The average Bonchev–Trinajstić information content (AvgIpc) is 2.69. The van der Waals surface area contributed by atoms with E-state index in [0.29, 0.717) is 18.1 Å². The number of anilines is 1. The number of thioether (sulfide) groups is 1. The van der Waals surface area contributed by atoms with Crippen molar-refractivity contribution in [2.75, 3.05) is 24.2 Å². The van der Waals surface area contributed by atoms with Crippen LogP contribution in [0.3, 0.4) is 0 Å². The van der Waals surface area contributed by atoms with Gasteiger partial charge in [-0.25, -0.2) is 13.4 Å². The largest absolute Gasteiger partial charge is 0.325 e. The number of carbonyl (C=O) groups is 1. The molecule has 0 unspecified atom stereocenters. The SMILES string of the molecule is CCCc1ccc(NC(=O)CSc2ccc(S(=O)(=O)N(CC)CC)cn2)cc1. The van der Waals surface area contributed by atoms with Gasteiger partial charge >= 0.3 is 0 Å². The average molecular weight is 422 g/mol. The minimum absolute atomic E-state index is 0.130. The Bertz CT molecular complexity index is 863. The Kier molecular flexibility index (Phi) is 8.47. The molecule has 0 saturated carbocycles. The highest BCUT2D eigenvalue weighted by molar-refractivity contribution is 7.99. The third-order valence-electron chi connectivity index (χ3n) is 4.18. The number of benzene rings is 1. The van der Waals surface area contributed by atoms with Crippen LogP contribution in [0, 0.1) is 0 Å². The van der Waals surface area contributed by atoms with E-state index in [4.69, 9.17) is 0 Å². The van der Waals surface area contributed by atoms with Gasteiger partial charge in [0.1, 0.15) is 4.90 Å². The predicted octanol–water partition coefficient (Wildman–Crippen LogP) is 3.80. The maximum absolute atomic E-state index is 12.5. The van der Waals surface area contributed by atoms with Crippen LogP contribution in [0.15, 0.2) is 52.5 Å². The predicted molar refractivity (Wildman–Crippen MR) is 114 cm³/mol. The summed E-state index contributed by atoms with van der Waals surface area (Å²) in [5.41, 5.74) is 2.01. The Morgan fingerprint density at radius 3 is 2.29 bits per heavy atom. The van der Waals surface area contributed by atoms with E-state index in [9.17, 15) is 13.2 Å². The molecule has 1 amide bonds. The molecule has 0 bridgehead atoms. The van der Waals surface area contributed by atoms with E-state index in [-0.39, 0.29) is 16.6 Å². The Morgan fingerprint density at radius 1 is 1.07 bits per heavy atom. The minimum atomic E-state index is -3.52. The van der Waals surface area contributed by atoms with E-state index < -0.39 is 10.0 Å². The van der Waals surface area contributed by atoms with Gasteiger partial charge in [-0.05, 0) is 36.2 Å². The molecule has 0 aliphatic heterocycles. The Balaban J connectivity index is 1.91. The molecule has 0 fully saturated rings. The first-order valence-electron chi connectivity index (χ1n) is 9.38. The van der Waals surface area contributed by atoms with Crippen LogP contribution in [0.25, 0.3) is 0 Å². The van der Waals surface area contributed by atoms with Gasteiger partial charge < -0.3 is 5.32 Å². The zero-order valence-corrected chi connectivity index (χ0v) is 18.1. The van der Waals surface area contributed by atoms with Gasteiger partial charge in [-0.3, -0.25) is 4.79 Å². The molecule has 0 radical (unpaired) electrons. The van der Waals surface area contributed by atoms with Crippen molar-refractivity contribution < 1.29 is 13.2 Å². The Hall–Kier alpha value is -1.90. The number of amides is 1. The number of aromatic nitrogens is 1. The van der Waals surface area contributed by atoms with Crippen molar-refractivity contribution >= 4 is 33.4 Å². The second-order valence-corrected chi connectivity index (χ2v) is 9.14. The van der Waals surface area contributed by atoms with Crippen molar-refractivity contribution in [2.24, 2.45) is 0 Å². The van der Waals surface area contributed by atoms with Gasteiger partial charge in [0.05, 0.1) is 10.8 Å². The van der Waals surface area contributed by atoms with Crippen LogP contribution < -0.4 is 5.32 Å². The van der Waals surface area contributed by atoms with Gasteiger partial charge in [0.2, 0.25) is 15.9 Å². The summed E-state index contributed by atoms with van der Waals surface area (Å²) in [6.07, 6.45) is 3.46. The maximum atomic E-state index is 12.5. The lowest BCUT2D eigenvalue weighted by Gasteiger charge is -2.18. The second-order valence-electron chi connectivity index (χ2n) is 6.21. The number of nitrogens with zero attached hydrogens (tertiary/aromatic N) is 2. The standard InChI is InChI=1S/C20H27N3O3S2/c1-4-7-16-8-10-17(11-9-16)22-19(24)15-27-20-13-12-18(14-21-20)28(25,26)23(5-2)6-3/h8-14H,4-7,15H2,1-3H3,(H,22,24). The zero-order chi connectivity index (χ0) is 20.6. The number of aryl methyl sites for hydroxylation is 1. The number of hydrogen-bond acceptors (Lipinski definition) is 5. The van der Waals surface area contributed by atoms with Gasteiger partial charge in [0, 0.05) is 25.0 Å². The van der Waals surface area contributed by atoms with Crippen LogP contribution in [0.2, 0.25) is 0 Å². The molecule has 8 heteroatoms. The smallest absolute Gasteiger partial charge is 0.244 e. The monoisotopic (exact) mass is 421 g/mol. The molecule has 0 aliphatic carbocycles. The van der Waals surface area contributed by atoms with Crippen molar-refractivity contribution in [3.63, 3.8) is 0 Å². The molecule has 1 aromatic carbocycles. The highest BCUT2D eigenvalue weighted by Gasteiger charge is 2.21. The molecule has 1 N–H and O–H groups in total. The fourth-order valence-corrected chi connectivity index (χ4v) is 4.74. The molecule has 0 saturated heterocycles. The number of hydrogen-bond donors (Lipinski definition) is 1. The van der Waals surface area contributed by atoms with E-state index in [0.717, 1.165) is 18.5 Å².